The summed E-state index contributed by atoms with van der Waals surface area (Å²) in [4.78, 5) is 0.264. The zero-order valence-corrected chi connectivity index (χ0v) is 12.9. The van der Waals surface area contributed by atoms with Crippen LogP contribution in [0, 0.1) is 0 Å². The van der Waals surface area contributed by atoms with E-state index in [9.17, 15) is 13.5 Å². The van der Waals surface area contributed by atoms with E-state index in [1.54, 1.807) is 16.8 Å². The number of sulfonamides is 1. The Morgan fingerprint density at radius 3 is 2.37 bits per heavy atom. The van der Waals surface area contributed by atoms with Crippen LogP contribution < -0.4 is 0 Å². The van der Waals surface area contributed by atoms with Crippen molar-refractivity contribution in [1.82, 2.24) is 8.87 Å². The molecular weight excluding hydrogens is 264 g/mol. The molecule has 1 heterocycles. The van der Waals surface area contributed by atoms with Gasteiger partial charge in [-0.1, -0.05) is 6.92 Å². The molecule has 0 amide bonds. The first kappa shape index (κ1) is 16.2. The Morgan fingerprint density at radius 1 is 1.37 bits per heavy atom. The largest absolute Gasteiger partial charge is 0.390 e. The van der Waals surface area contributed by atoms with E-state index < -0.39 is 10.0 Å². The number of aromatic nitrogens is 1. The van der Waals surface area contributed by atoms with Crippen molar-refractivity contribution in [3.63, 3.8) is 0 Å². The summed E-state index contributed by atoms with van der Waals surface area (Å²) in [6, 6.07) is 1.48. The van der Waals surface area contributed by atoms with Gasteiger partial charge in [-0.25, -0.2) is 8.42 Å². The molecule has 0 aliphatic rings. The highest BCUT2D eigenvalue weighted by molar-refractivity contribution is 7.89. The highest BCUT2D eigenvalue weighted by atomic mass is 32.2. The minimum atomic E-state index is -3.48. The van der Waals surface area contributed by atoms with E-state index in [1.807, 2.05) is 27.7 Å². The van der Waals surface area contributed by atoms with E-state index in [1.165, 1.54) is 4.31 Å². The second-order valence-electron chi connectivity index (χ2n) is 4.82. The molecule has 5 nitrogen and oxygen atoms in total. The van der Waals surface area contributed by atoms with Crippen molar-refractivity contribution in [2.75, 3.05) is 6.54 Å². The molecule has 0 atom stereocenters. The highest BCUT2D eigenvalue weighted by Crippen LogP contribution is 2.21. The summed E-state index contributed by atoms with van der Waals surface area (Å²) in [5.74, 6) is 0. The number of hydrogen-bond donors (Lipinski definition) is 1. The summed E-state index contributed by atoms with van der Waals surface area (Å²) in [6.45, 7) is 8.61. The molecule has 1 aromatic heterocycles. The third kappa shape index (κ3) is 3.38. The van der Waals surface area contributed by atoms with Gasteiger partial charge < -0.3 is 9.67 Å². The normalized spacial score (nSPS) is 12.6. The van der Waals surface area contributed by atoms with Gasteiger partial charge in [-0.15, -0.1) is 0 Å². The summed E-state index contributed by atoms with van der Waals surface area (Å²) in [7, 11) is -3.48. The van der Waals surface area contributed by atoms with Gasteiger partial charge in [0.15, 0.2) is 0 Å². The first-order valence-corrected chi connectivity index (χ1v) is 8.14. The van der Waals surface area contributed by atoms with Gasteiger partial charge in [0.2, 0.25) is 10.0 Å². The van der Waals surface area contributed by atoms with Crippen LogP contribution in [-0.2, 0) is 23.2 Å². The predicted molar refractivity (Wildman–Crippen MR) is 75.3 cm³/mol. The molecule has 1 N–H and O–H groups in total. The number of rotatable bonds is 7. The third-order valence-corrected chi connectivity index (χ3v) is 5.13. The Labute approximate surface area is 115 Å². The van der Waals surface area contributed by atoms with Crippen LogP contribution in [0.15, 0.2) is 17.2 Å². The molecule has 0 aliphatic carbocycles. The quantitative estimate of drug-likeness (QED) is 0.832. The minimum Gasteiger partial charge on any atom is -0.390 e. The zero-order valence-electron chi connectivity index (χ0n) is 12.1. The molecule has 0 saturated carbocycles. The van der Waals surface area contributed by atoms with Gasteiger partial charge in [-0.3, -0.25) is 0 Å². The molecule has 110 valence electrons. The van der Waals surface area contributed by atoms with Crippen LogP contribution >= 0.6 is 0 Å². The second kappa shape index (κ2) is 6.54. The van der Waals surface area contributed by atoms with Gasteiger partial charge >= 0.3 is 0 Å². The molecule has 0 unspecified atom stereocenters. The van der Waals surface area contributed by atoms with Gasteiger partial charge in [0.25, 0.3) is 0 Å². The fourth-order valence-corrected chi connectivity index (χ4v) is 3.90. The van der Waals surface area contributed by atoms with Crippen LogP contribution in [0.3, 0.4) is 0 Å². The molecule has 1 aromatic rings. The maximum atomic E-state index is 12.6. The lowest BCUT2D eigenvalue weighted by Crippen LogP contribution is -2.37. The molecule has 0 aromatic carbocycles. The Bertz CT molecular complexity index is 484. The van der Waals surface area contributed by atoms with E-state index in [4.69, 9.17) is 0 Å². The van der Waals surface area contributed by atoms with Crippen molar-refractivity contribution in [3.05, 3.63) is 18.0 Å². The molecule has 0 fully saturated rings. The predicted octanol–water partition coefficient (Wildman–Crippen LogP) is 1.81. The maximum Gasteiger partial charge on any atom is 0.244 e. The van der Waals surface area contributed by atoms with Crippen LogP contribution in [0.5, 0.6) is 0 Å². The van der Waals surface area contributed by atoms with Gasteiger partial charge in [-0.05, 0) is 33.3 Å². The molecule has 0 bridgehead atoms. The lowest BCUT2D eigenvalue weighted by Gasteiger charge is -2.24. The summed E-state index contributed by atoms with van der Waals surface area (Å²) >= 11 is 0. The summed E-state index contributed by atoms with van der Waals surface area (Å²) in [5, 5.41) is 9.25. The molecule has 0 radical (unpaired) electrons. The van der Waals surface area contributed by atoms with Crippen molar-refractivity contribution in [2.24, 2.45) is 0 Å². The van der Waals surface area contributed by atoms with Crippen molar-refractivity contribution >= 4 is 10.0 Å². The summed E-state index contributed by atoms with van der Waals surface area (Å²) in [6.07, 6.45) is 2.38. The number of aliphatic hydroxyl groups excluding tert-OH is 1. The van der Waals surface area contributed by atoms with Gasteiger partial charge in [0, 0.05) is 31.0 Å². The Kier molecular flexibility index (Phi) is 5.58. The van der Waals surface area contributed by atoms with E-state index in [0.29, 0.717) is 18.8 Å². The van der Waals surface area contributed by atoms with Crippen molar-refractivity contribution in [3.8, 4) is 0 Å². The molecule has 1 rings (SSSR count). The van der Waals surface area contributed by atoms with Crippen molar-refractivity contribution < 1.29 is 13.5 Å². The fraction of sp³-hybridized carbons (Fsp3) is 0.692. The van der Waals surface area contributed by atoms with E-state index in [0.717, 1.165) is 6.42 Å². The van der Waals surface area contributed by atoms with Gasteiger partial charge in [0.05, 0.1) is 6.61 Å². The average molecular weight is 288 g/mol. The van der Waals surface area contributed by atoms with Crippen molar-refractivity contribution in [2.45, 2.75) is 58.2 Å². The van der Waals surface area contributed by atoms with Crippen LogP contribution in [0.1, 0.15) is 39.8 Å². The number of nitrogens with zero attached hydrogens (tertiary/aromatic N) is 2. The van der Waals surface area contributed by atoms with Crippen LogP contribution in [-0.4, -0.2) is 35.0 Å². The molecule has 0 saturated heterocycles. The first-order chi connectivity index (χ1) is 8.88. The second-order valence-corrected chi connectivity index (χ2v) is 6.71. The maximum absolute atomic E-state index is 12.6. The monoisotopic (exact) mass is 288 g/mol. The van der Waals surface area contributed by atoms with Crippen LogP contribution in [0.4, 0.5) is 0 Å². The number of aliphatic hydroxyl groups is 1. The molecule has 0 spiro atoms. The molecule has 19 heavy (non-hydrogen) atoms. The SMILES string of the molecule is CCCN(C(C)C)S(=O)(=O)c1cc(CO)n(CC)c1. The summed E-state index contributed by atoms with van der Waals surface area (Å²) < 4.78 is 28.4. The first-order valence-electron chi connectivity index (χ1n) is 6.70. The molecule has 6 heteroatoms. The van der Waals surface area contributed by atoms with Gasteiger partial charge in [-0.2, -0.15) is 4.31 Å². The van der Waals surface area contributed by atoms with Crippen molar-refractivity contribution in [1.29, 1.82) is 0 Å². The average Bonchev–Trinajstić information content (AvgIpc) is 2.79. The minimum absolute atomic E-state index is 0.0764. The van der Waals surface area contributed by atoms with Gasteiger partial charge in [0.1, 0.15) is 4.90 Å². The van der Waals surface area contributed by atoms with E-state index in [2.05, 4.69) is 0 Å². The Hall–Kier alpha value is -0.850. The molecular formula is C13H24N2O3S. The third-order valence-electron chi connectivity index (χ3n) is 3.09. The number of hydrogen-bond acceptors (Lipinski definition) is 3. The van der Waals surface area contributed by atoms with E-state index in [-0.39, 0.29) is 17.5 Å². The highest BCUT2D eigenvalue weighted by Gasteiger charge is 2.27. The number of aryl methyl sites for hydroxylation is 1. The topological polar surface area (TPSA) is 62.5 Å². The Morgan fingerprint density at radius 2 is 2.00 bits per heavy atom. The standard InChI is InChI=1S/C13H24N2O3S/c1-5-7-15(11(3)4)19(17,18)13-8-12(10-16)14(6-2)9-13/h8-9,11,16H,5-7,10H2,1-4H3. The van der Waals surface area contributed by atoms with E-state index >= 15 is 0 Å². The smallest absolute Gasteiger partial charge is 0.244 e. The zero-order chi connectivity index (χ0) is 14.6. The van der Waals surface area contributed by atoms with Crippen LogP contribution in [0.25, 0.3) is 0 Å². The van der Waals surface area contributed by atoms with Crippen LogP contribution in [0.2, 0.25) is 0 Å². The lowest BCUT2D eigenvalue weighted by atomic mass is 10.4. The fourth-order valence-electron chi connectivity index (χ4n) is 2.10. The molecule has 0 aliphatic heterocycles. The Balaban J connectivity index is 3.21. The lowest BCUT2D eigenvalue weighted by molar-refractivity contribution is 0.271. The summed E-state index contributed by atoms with van der Waals surface area (Å²) in [5.41, 5.74) is 0.626.